The fourth-order valence-electron chi connectivity index (χ4n) is 3.46. The zero-order valence-electron chi connectivity index (χ0n) is 16.1. The number of benzene rings is 2. The van der Waals surface area contributed by atoms with E-state index in [0.29, 0.717) is 17.1 Å². The summed E-state index contributed by atoms with van der Waals surface area (Å²) in [5, 5.41) is 7.49. The molecule has 0 bridgehead atoms. The number of esters is 1. The van der Waals surface area contributed by atoms with Crippen LogP contribution in [-0.4, -0.2) is 35.4 Å². The van der Waals surface area contributed by atoms with Gasteiger partial charge in [0.2, 0.25) is 0 Å². The minimum atomic E-state index is -0.471. The van der Waals surface area contributed by atoms with Crippen molar-refractivity contribution in [3.63, 3.8) is 0 Å². The van der Waals surface area contributed by atoms with Gasteiger partial charge < -0.3 is 14.8 Å². The van der Waals surface area contributed by atoms with Crippen LogP contribution in [0, 0.1) is 0 Å². The average molecular weight is 391 g/mol. The van der Waals surface area contributed by atoms with Crippen LogP contribution in [0.2, 0.25) is 0 Å². The lowest BCUT2D eigenvalue weighted by atomic mass is 10.2. The van der Waals surface area contributed by atoms with E-state index in [-0.39, 0.29) is 12.5 Å². The van der Waals surface area contributed by atoms with Crippen LogP contribution in [0.15, 0.2) is 54.6 Å². The molecule has 1 aliphatic rings. The predicted octanol–water partition coefficient (Wildman–Crippen LogP) is 3.17. The van der Waals surface area contributed by atoms with Gasteiger partial charge in [-0.2, -0.15) is 5.10 Å². The van der Waals surface area contributed by atoms with Crippen molar-refractivity contribution in [1.29, 1.82) is 0 Å². The van der Waals surface area contributed by atoms with Gasteiger partial charge in [0.15, 0.2) is 12.3 Å². The molecule has 0 spiro atoms. The van der Waals surface area contributed by atoms with Crippen LogP contribution >= 0.6 is 0 Å². The lowest BCUT2D eigenvalue weighted by Crippen LogP contribution is -2.15. The lowest BCUT2D eigenvalue weighted by molar-refractivity contribution is -0.142. The highest BCUT2D eigenvalue weighted by molar-refractivity contribution is 6.04. The summed E-state index contributed by atoms with van der Waals surface area (Å²) < 4.78 is 11.8. The van der Waals surface area contributed by atoms with Crippen molar-refractivity contribution < 1.29 is 19.1 Å². The number of hydrogen-bond donors (Lipinski definition) is 1. The van der Waals surface area contributed by atoms with Gasteiger partial charge in [0, 0.05) is 23.0 Å². The van der Waals surface area contributed by atoms with E-state index in [0.717, 1.165) is 36.2 Å². The standard InChI is InChI=1S/C22H21N3O4/c1-28-20(26)14-29-17-10-5-7-15(13-17)23-22(27)21-18-11-6-12-19(18)25(24-21)16-8-3-2-4-9-16/h2-5,7-10,13H,6,11-12,14H2,1H3,(H,23,27). The normalized spacial score (nSPS) is 12.3. The second-order valence-corrected chi connectivity index (χ2v) is 6.72. The number of nitrogens with one attached hydrogen (secondary N) is 1. The molecule has 4 rings (SSSR count). The largest absolute Gasteiger partial charge is 0.482 e. The van der Waals surface area contributed by atoms with Gasteiger partial charge in [-0.1, -0.05) is 24.3 Å². The maximum absolute atomic E-state index is 12.9. The van der Waals surface area contributed by atoms with Gasteiger partial charge in [-0.25, -0.2) is 9.48 Å². The molecular formula is C22H21N3O4. The number of anilines is 1. The van der Waals surface area contributed by atoms with Crippen molar-refractivity contribution in [2.75, 3.05) is 19.0 Å². The number of ether oxygens (including phenoxy) is 2. The summed E-state index contributed by atoms with van der Waals surface area (Å²) in [6.45, 7) is -0.192. The third-order valence-corrected chi connectivity index (χ3v) is 4.82. The van der Waals surface area contributed by atoms with Crippen LogP contribution in [0.25, 0.3) is 5.69 Å². The third kappa shape index (κ3) is 3.99. The van der Waals surface area contributed by atoms with E-state index in [1.807, 2.05) is 35.0 Å². The van der Waals surface area contributed by atoms with Crippen molar-refractivity contribution in [2.45, 2.75) is 19.3 Å². The molecule has 3 aromatic rings. The Morgan fingerprint density at radius 2 is 1.93 bits per heavy atom. The Hall–Kier alpha value is -3.61. The Morgan fingerprint density at radius 1 is 1.10 bits per heavy atom. The second kappa shape index (κ2) is 8.18. The molecule has 0 radical (unpaired) electrons. The molecular weight excluding hydrogens is 370 g/mol. The van der Waals surface area contributed by atoms with Crippen LogP contribution in [-0.2, 0) is 22.4 Å². The lowest BCUT2D eigenvalue weighted by Gasteiger charge is -2.08. The Bertz CT molecular complexity index is 1040. The van der Waals surface area contributed by atoms with Gasteiger partial charge in [0.1, 0.15) is 5.75 Å². The third-order valence-electron chi connectivity index (χ3n) is 4.82. The summed E-state index contributed by atoms with van der Waals surface area (Å²) in [6.07, 6.45) is 2.76. The highest BCUT2D eigenvalue weighted by Gasteiger charge is 2.27. The molecule has 1 aromatic heterocycles. The summed E-state index contributed by atoms with van der Waals surface area (Å²) >= 11 is 0. The maximum atomic E-state index is 12.9. The van der Waals surface area contributed by atoms with E-state index >= 15 is 0 Å². The first-order valence-corrected chi connectivity index (χ1v) is 9.43. The van der Waals surface area contributed by atoms with Crippen LogP contribution in [0.5, 0.6) is 5.75 Å². The minimum Gasteiger partial charge on any atom is -0.482 e. The van der Waals surface area contributed by atoms with Crippen molar-refractivity contribution in [1.82, 2.24) is 9.78 Å². The molecule has 1 N–H and O–H groups in total. The summed E-state index contributed by atoms with van der Waals surface area (Å²) in [5.41, 5.74) is 4.06. The Morgan fingerprint density at radius 3 is 2.72 bits per heavy atom. The number of hydrogen-bond acceptors (Lipinski definition) is 5. The monoisotopic (exact) mass is 391 g/mol. The molecule has 1 amide bonds. The average Bonchev–Trinajstić information content (AvgIpc) is 3.35. The highest BCUT2D eigenvalue weighted by Crippen LogP contribution is 2.28. The molecule has 29 heavy (non-hydrogen) atoms. The second-order valence-electron chi connectivity index (χ2n) is 6.72. The Kier molecular flexibility index (Phi) is 5.29. The summed E-state index contributed by atoms with van der Waals surface area (Å²) in [7, 11) is 1.30. The SMILES string of the molecule is COC(=O)COc1cccc(NC(=O)c2nn(-c3ccccc3)c3c2CCC3)c1. The number of aromatic nitrogens is 2. The molecule has 0 fully saturated rings. The molecule has 0 aliphatic heterocycles. The number of nitrogens with zero attached hydrogens (tertiary/aromatic N) is 2. The number of methoxy groups -OCH3 is 1. The number of fused-ring (bicyclic) bond motifs is 1. The van der Waals surface area contributed by atoms with Crippen LogP contribution < -0.4 is 10.1 Å². The van der Waals surface area contributed by atoms with E-state index in [1.165, 1.54) is 7.11 Å². The molecule has 1 heterocycles. The van der Waals surface area contributed by atoms with Gasteiger partial charge in [-0.05, 0) is 43.5 Å². The van der Waals surface area contributed by atoms with Crippen LogP contribution in [0.4, 0.5) is 5.69 Å². The summed E-state index contributed by atoms with van der Waals surface area (Å²) in [4.78, 5) is 24.2. The molecule has 0 atom stereocenters. The fraction of sp³-hybridized carbons (Fsp3) is 0.227. The van der Waals surface area contributed by atoms with Gasteiger partial charge in [0.25, 0.3) is 5.91 Å². The summed E-state index contributed by atoms with van der Waals surface area (Å²) in [5.74, 6) is -0.266. The van der Waals surface area contributed by atoms with Gasteiger partial charge in [0.05, 0.1) is 12.8 Å². The number of carbonyl (C=O) groups is 2. The molecule has 1 aliphatic carbocycles. The van der Waals surface area contributed by atoms with E-state index in [4.69, 9.17) is 4.74 Å². The minimum absolute atomic E-state index is 0.192. The Labute approximate surface area is 168 Å². The van der Waals surface area contributed by atoms with E-state index in [2.05, 4.69) is 15.2 Å². The summed E-state index contributed by atoms with van der Waals surface area (Å²) in [6, 6.07) is 16.7. The fourth-order valence-corrected chi connectivity index (χ4v) is 3.46. The van der Waals surface area contributed by atoms with Gasteiger partial charge >= 0.3 is 5.97 Å². The first-order chi connectivity index (χ1) is 14.2. The van der Waals surface area contributed by atoms with Gasteiger partial charge in [-0.3, -0.25) is 4.79 Å². The van der Waals surface area contributed by atoms with E-state index in [9.17, 15) is 9.59 Å². The molecule has 0 saturated carbocycles. The van der Waals surface area contributed by atoms with Crippen LogP contribution in [0.3, 0.4) is 0 Å². The number of rotatable bonds is 6. The zero-order valence-corrected chi connectivity index (χ0v) is 16.1. The number of para-hydroxylation sites is 1. The number of amides is 1. The predicted molar refractivity (Wildman–Crippen MR) is 107 cm³/mol. The topological polar surface area (TPSA) is 82.4 Å². The quantitative estimate of drug-likeness (QED) is 0.653. The van der Waals surface area contributed by atoms with Crippen molar-refractivity contribution in [2.24, 2.45) is 0 Å². The smallest absolute Gasteiger partial charge is 0.343 e. The van der Waals surface area contributed by atoms with Crippen LogP contribution in [0.1, 0.15) is 28.2 Å². The molecule has 7 nitrogen and oxygen atoms in total. The first kappa shape index (κ1) is 18.7. The Balaban J connectivity index is 1.55. The van der Waals surface area contributed by atoms with Crippen molar-refractivity contribution >= 4 is 17.6 Å². The number of carbonyl (C=O) groups excluding carboxylic acids is 2. The molecule has 0 unspecified atom stereocenters. The van der Waals surface area contributed by atoms with Crippen molar-refractivity contribution in [3.05, 3.63) is 71.5 Å². The molecule has 0 saturated heterocycles. The first-order valence-electron chi connectivity index (χ1n) is 9.43. The van der Waals surface area contributed by atoms with Gasteiger partial charge in [-0.15, -0.1) is 0 Å². The highest BCUT2D eigenvalue weighted by atomic mass is 16.6. The molecule has 2 aromatic carbocycles. The van der Waals surface area contributed by atoms with Crippen molar-refractivity contribution in [3.8, 4) is 11.4 Å². The molecule has 7 heteroatoms. The van der Waals surface area contributed by atoms with E-state index < -0.39 is 5.97 Å². The maximum Gasteiger partial charge on any atom is 0.343 e. The van der Waals surface area contributed by atoms with E-state index in [1.54, 1.807) is 24.3 Å². The molecule has 148 valence electrons. The zero-order chi connectivity index (χ0) is 20.2.